The highest BCUT2D eigenvalue weighted by atomic mass is 16.7. The molecule has 0 spiro atoms. The molecule has 0 aromatic heterocycles. The lowest BCUT2D eigenvalue weighted by Crippen LogP contribution is -2.59. The van der Waals surface area contributed by atoms with Crippen molar-refractivity contribution in [3.63, 3.8) is 0 Å². The van der Waals surface area contributed by atoms with Crippen molar-refractivity contribution in [2.24, 2.45) is 46.3 Å². The Balaban J connectivity index is 1.19. The van der Waals surface area contributed by atoms with Gasteiger partial charge in [0.2, 0.25) is 0 Å². The van der Waals surface area contributed by atoms with Crippen molar-refractivity contribution in [1.82, 2.24) is 0 Å². The van der Waals surface area contributed by atoms with Crippen molar-refractivity contribution in [2.45, 2.75) is 104 Å². The molecule has 10 atom stereocenters. The van der Waals surface area contributed by atoms with Crippen LogP contribution >= 0.6 is 0 Å². The summed E-state index contributed by atoms with van der Waals surface area (Å²) in [4.78, 5) is 12.5. The summed E-state index contributed by atoms with van der Waals surface area (Å²) in [6, 6.07) is 9.91. The van der Waals surface area contributed by atoms with Crippen molar-refractivity contribution in [3.8, 4) is 0 Å². The molecule has 4 aliphatic rings. The third kappa shape index (κ3) is 5.36. The van der Waals surface area contributed by atoms with Gasteiger partial charge >= 0.3 is 5.97 Å². The lowest BCUT2D eigenvalue weighted by atomic mass is 9.42. The Morgan fingerprint density at radius 2 is 1.77 bits per heavy atom. The Morgan fingerprint density at radius 3 is 2.51 bits per heavy atom. The molecule has 4 fully saturated rings. The lowest BCUT2D eigenvalue weighted by molar-refractivity contribution is -0.158. The monoisotopic (exact) mass is 538 g/mol. The molecule has 0 amide bonds. The molecule has 0 aliphatic heterocycles. The Labute approximate surface area is 235 Å². The van der Waals surface area contributed by atoms with Gasteiger partial charge in [0.15, 0.2) is 6.79 Å². The molecule has 216 valence electrons. The van der Waals surface area contributed by atoms with Gasteiger partial charge in [-0.2, -0.15) is 0 Å². The number of carbonyl (C=O) groups excluding carboxylic acids is 1. The first kappa shape index (κ1) is 28.8. The van der Waals surface area contributed by atoms with Crippen LogP contribution in [0.1, 0.15) is 91.0 Å². The highest BCUT2D eigenvalue weighted by molar-refractivity contribution is 5.69. The molecule has 5 rings (SSSR count). The van der Waals surface area contributed by atoms with Crippen molar-refractivity contribution in [2.75, 3.05) is 6.79 Å². The maximum Gasteiger partial charge on any atom is 0.307 e. The fourth-order valence-electron chi connectivity index (χ4n) is 9.91. The summed E-state index contributed by atoms with van der Waals surface area (Å²) in [5.41, 5.74) is 2.62. The topological polar surface area (TPSA) is 76.0 Å². The van der Waals surface area contributed by atoms with Gasteiger partial charge in [0.25, 0.3) is 0 Å². The number of fused-ring (bicyclic) bond motifs is 5. The second-order valence-corrected chi connectivity index (χ2v) is 13.7. The van der Waals surface area contributed by atoms with Crippen LogP contribution in [0.3, 0.4) is 0 Å². The van der Waals surface area contributed by atoms with E-state index < -0.39 is 6.10 Å². The zero-order chi connectivity index (χ0) is 27.8. The van der Waals surface area contributed by atoms with E-state index in [2.05, 4.69) is 33.8 Å². The van der Waals surface area contributed by atoms with Gasteiger partial charge in [-0.05, 0) is 116 Å². The predicted molar refractivity (Wildman–Crippen MR) is 152 cm³/mol. The minimum absolute atomic E-state index is 0.00362. The molecule has 5 heteroatoms. The molecule has 0 unspecified atom stereocenters. The quantitative estimate of drug-likeness (QED) is 0.167. The number of ether oxygens (including phenoxy) is 2. The van der Waals surface area contributed by atoms with Crippen LogP contribution in [0.5, 0.6) is 0 Å². The first-order valence-electron chi connectivity index (χ1n) is 15.5. The number of aliphatic hydroxyl groups excluding tert-OH is 2. The molecule has 4 saturated carbocycles. The summed E-state index contributed by atoms with van der Waals surface area (Å²) >= 11 is 0. The van der Waals surface area contributed by atoms with Gasteiger partial charge in [-0.3, -0.25) is 4.79 Å². The van der Waals surface area contributed by atoms with E-state index in [1.54, 1.807) is 0 Å². The summed E-state index contributed by atoms with van der Waals surface area (Å²) < 4.78 is 10.9. The van der Waals surface area contributed by atoms with E-state index in [1.807, 2.05) is 30.3 Å². The largest absolute Gasteiger partial charge is 0.438 e. The standard InChI is InChI=1S/C34H50O5/c1-5-25-29-19-24(35)15-17-34(29,4)28-16-18-33(3)26(12-13-27(33)31(28)32(25)37)22(2)11-14-30(36)39-21-38-20-23-9-7-6-8-10-23/h5-10,22,24,26-29,31-32,35,37H,11-21H2,1-4H3/t22-,24-,26-,27+,28+,29+,31+,32-,33-,34-/m1/s1. The average Bonchev–Trinajstić information content (AvgIpc) is 3.29. The van der Waals surface area contributed by atoms with E-state index >= 15 is 0 Å². The number of allylic oxidation sites excluding steroid dienone is 1. The fourth-order valence-corrected chi connectivity index (χ4v) is 9.91. The van der Waals surface area contributed by atoms with Crippen LogP contribution in [-0.4, -0.2) is 35.2 Å². The third-order valence-electron chi connectivity index (χ3n) is 11.9. The van der Waals surface area contributed by atoms with Crippen molar-refractivity contribution >= 4 is 5.97 Å². The summed E-state index contributed by atoms with van der Waals surface area (Å²) in [5, 5.41) is 22.3. The number of carbonyl (C=O) groups is 1. The molecule has 2 N–H and O–H groups in total. The van der Waals surface area contributed by atoms with Crippen LogP contribution in [0.25, 0.3) is 0 Å². The van der Waals surface area contributed by atoms with Crippen LogP contribution in [0.15, 0.2) is 42.0 Å². The van der Waals surface area contributed by atoms with Gasteiger partial charge in [-0.25, -0.2) is 0 Å². The van der Waals surface area contributed by atoms with Gasteiger partial charge in [-0.15, -0.1) is 0 Å². The zero-order valence-electron chi connectivity index (χ0n) is 24.5. The summed E-state index contributed by atoms with van der Waals surface area (Å²) in [5.74, 6) is 2.44. The van der Waals surface area contributed by atoms with Crippen LogP contribution in [0.2, 0.25) is 0 Å². The third-order valence-corrected chi connectivity index (χ3v) is 11.9. The number of rotatable bonds is 8. The number of hydrogen-bond acceptors (Lipinski definition) is 5. The maximum atomic E-state index is 12.5. The second kappa shape index (κ2) is 11.7. The van der Waals surface area contributed by atoms with Crippen molar-refractivity contribution < 1.29 is 24.5 Å². The molecule has 39 heavy (non-hydrogen) atoms. The smallest absolute Gasteiger partial charge is 0.307 e. The molecule has 0 saturated heterocycles. The van der Waals surface area contributed by atoms with Gasteiger partial charge in [0.1, 0.15) is 0 Å². The fraction of sp³-hybridized carbons (Fsp3) is 0.735. The molecule has 0 radical (unpaired) electrons. The summed E-state index contributed by atoms with van der Waals surface area (Å²) in [6.45, 7) is 9.78. The number of hydrogen-bond donors (Lipinski definition) is 2. The Hall–Kier alpha value is -1.69. The molecule has 1 aromatic rings. The normalized spacial score (nSPS) is 41.4. The van der Waals surface area contributed by atoms with E-state index in [1.165, 1.54) is 31.3 Å². The van der Waals surface area contributed by atoms with Gasteiger partial charge < -0.3 is 19.7 Å². The van der Waals surface area contributed by atoms with Gasteiger partial charge in [0.05, 0.1) is 18.8 Å². The number of aliphatic hydroxyl groups is 2. The van der Waals surface area contributed by atoms with E-state index in [9.17, 15) is 15.0 Å². The van der Waals surface area contributed by atoms with E-state index in [4.69, 9.17) is 9.47 Å². The molecule has 0 bridgehead atoms. The van der Waals surface area contributed by atoms with E-state index in [0.29, 0.717) is 48.5 Å². The molecule has 0 heterocycles. The Bertz CT molecular complexity index is 1020. The van der Waals surface area contributed by atoms with E-state index in [-0.39, 0.29) is 29.7 Å². The number of benzene rings is 1. The minimum Gasteiger partial charge on any atom is -0.438 e. The highest BCUT2D eigenvalue weighted by Gasteiger charge is 2.63. The minimum atomic E-state index is -0.395. The number of esters is 1. The molecular weight excluding hydrogens is 488 g/mol. The lowest BCUT2D eigenvalue weighted by Gasteiger charge is -2.63. The van der Waals surface area contributed by atoms with Crippen molar-refractivity contribution in [3.05, 3.63) is 47.5 Å². The highest BCUT2D eigenvalue weighted by Crippen LogP contribution is 2.69. The first-order valence-corrected chi connectivity index (χ1v) is 15.5. The predicted octanol–water partition coefficient (Wildman–Crippen LogP) is 6.67. The molecular formula is C34H50O5. The zero-order valence-corrected chi connectivity index (χ0v) is 24.5. The second-order valence-electron chi connectivity index (χ2n) is 13.7. The SMILES string of the molecule is CC=C1[C@@H](O)[C@@H]2[C@H](CC[C@]3(C)[C@@H]([C@H](C)CCC(=O)OCOCc4ccccc4)CC[C@@H]23)[C@@]2(C)CC[C@@H](O)C[C@@H]12. The molecule has 5 nitrogen and oxygen atoms in total. The Morgan fingerprint density at radius 1 is 1.05 bits per heavy atom. The average molecular weight is 539 g/mol. The van der Waals surface area contributed by atoms with Gasteiger partial charge in [0, 0.05) is 6.42 Å². The van der Waals surface area contributed by atoms with Crippen LogP contribution < -0.4 is 0 Å². The van der Waals surface area contributed by atoms with Crippen LogP contribution in [0.4, 0.5) is 0 Å². The maximum absolute atomic E-state index is 12.5. The Kier molecular flexibility index (Phi) is 8.62. The summed E-state index contributed by atoms with van der Waals surface area (Å²) in [6.07, 6.45) is 10.2. The first-order chi connectivity index (χ1) is 18.7. The van der Waals surface area contributed by atoms with Crippen molar-refractivity contribution in [1.29, 1.82) is 0 Å². The van der Waals surface area contributed by atoms with E-state index in [0.717, 1.165) is 31.2 Å². The molecule has 4 aliphatic carbocycles. The summed E-state index contributed by atoms with van der Waals surface area (Å²) in [7, 11) is 0. The van der Waals surface area contributed by atoms with Crippen LogP contribution in [-0.2, 0) is 20.9 Å². The van der Waals surface area contributed by atoms with Crippen LogP contribution in [0, 0.1) is 46.3 Å². The molecule has 1 aromatic carbocycles. The van der Waals surface area contributed by atoms with Gasteiger partial charge in [-0.1, -0.05) is 57.2 Å².